The van der Waals surface area contributed by atoms with Crippen molar-refractivity contribution in [2.45, 2.75) is 77.1 Å². The molecule has 0 aromatic heterocycles. The zero-order valence-electron chi connectivity index (χ0n) is 17.7. The first-order valence-electron chi connectivity index (χ1n) is 11.2. The highest BCUT2D eigenvalue weighted by molar-refractivity contribution is 14.0. The molecule has 0 aromatic rings. The molecule has 0 bridgehead atoms. The Bertz CT molecular complexity index is 454. The summed E-state index contributed by atoms with van der Waals surface area (Å²) in [6, 6.07) is 0. The van der Waals surface area contributed by atoms with Gasteiger partial charge in [0.05, 0.1) is 18.8 Å². The minimum absolute atomic E-state index is 0. The minimum Gasteiger partial charge on any atom is -0.378 e. The first kappa shape index (κ1) is 24.2. The Kier molecular flexibility index (Phi) is 11.4. The van der Waals surface area contributed by atoms with Gasteiger partial charge in [0.2, 0.25) is 0 Å². The summed E-state index contributed by atoms with van der Waals surface area (Å²) in [4.78, 5) is 7.30. The van der Waals surface area contributed by atoms with Crippen LogP contribution in [0.2, 0.25) is 0 Å². The maximum atomic E-state index is 6.06. The molecule has 0 spiro atoms. The Labute approximate surface area is 188 Å². The molecule has 3 rings (SSSR count). The lowest BCUT2D eigenvalue weighted by molar-refractivity contribution is -0.0817. The average molecular weight is 509 g/mol. The van der Waals surface area contributed by atoms with Crippen LogP contribution in [0, 0.1) is 5.92 Å². The van der Waals surface area contributed by atoms with Crippen molar-refractivity contribution in [1.82, 2.24) is 10.2 Å². The predicted octanol–water partition coefficient (Wildman–Crippen LogP) is 3.44. The van der Waals surface area contributed by atoms with Gasteiger partial charge in [-0.1, -0.05) is 12.8 Å². The van der Waals surface area contributed by atoms with E-state index in [-0.39, 0.29) is 36.2 Å². The van der Waals surface area contributed by atoms with Crippen molar-refractivity contribution in [3.05, 3.63) is 0 Å². The van der Waals surface area contributed by atoms with E-state index in [4.69, 9.17) is 19.2 Å². The number of hydrogen-bond acceptors (Lipinski definition) is 4. The van der Waals surface area contributed by atoms with Crippen molar-refractivity contribution in [2.24, 2.45) is 10.9 Å². The Morgan fingerprint density at radius 2 is 1.89 bits per heavy atom. The van der Waals surface area contributed by atoms with Crippen LogP contribution in [0.4, 0.5) is 0 Å². The number of ether oxygens (including phenoxy) is 3. The van der Waals surface area contributed by atoms with E-state index in [0.29, 0.717) is 6.10 Å². The first-order valence-corrected chi connectivity index (χ1v) is 11.2. The van der Waals surface area contributed by atoms with Crippen LogP contribution in [-0.2, 0) is 14.2 Å². The Morgan fingerprint density at radius 1 is 1.11 bits per heavy atom. The fraction of sp³-hybridized carbons (Fsp3) is 0.952. The van der Waals surface area contributed by atoms with Crippen molar-refractivity contribution in [3.8, 4) is 0 Å². The summed E-state index contributed by atoms with van der Waals surface area (Å²) < 4.78 is 17.9. The molecule has 3 unspecified atom stereocenters. The Balaban J connectivity index is 0.00000280. The van der Waals surface area contributed by atoms with E-state index >= 15 is 0 Å². The van der Waals surface area contributed by atoms with E-state index in [0.717, 1.165) is 77.1 Å². The summed E-state index contributed by atoms with van der Waals surface area (Å²) in [5.74, 6) is 1.75. The first-order chi connectivity index (χ1) is 13.3. The van der Waals surface area contributed by atoms with E-state index in [2.05, 4.69) is 24.1 Å². The van der Waals surface area contributed by atoms with Crippen LogP contribution in [0.15, 0.2) is 4.99 Å². The van der Waals surface area contributed by atoms with Crippen molar-refractivity contribution >= 4 is 29.9 Å². The van der Waals surface area contributed by atoms with Gasteiger partial charge < -0.3 is 24.4 Å². The smallest absolute Gasteiger partial charge is 0.194 e. The third kappa shape index (κ3) is 6.99. The third-order valence-electron chi connectivity index (χ3n) is 6.09. The number of halogens is 1. The average Bonchev–Trinajstić information content (AvgIpc) is 3.40. The molecule has 1 aliphatic carbocycles. The number of morpholine rings is 1. The van der Waals surface area contributed by atoms with Gasteiger partial charge in [-0.25, -0.2) is 0 Å². The van der Waals surface area contributed by atoms with Crippen LogP contribution in [0.25, 0.3) is 0 Å². The van der Waals surface area contributed by atoms with Crippen molar-refractivity contribution in [1.29, 1.82) is 0 Å². The second-order valence-corrected chi connectivity index (χ2v) is 7.97. The van der Waals surface area contributed by atoms with Gasteiger partial charge in [0, 0.05) is 39.4 Å². The quantitative estimate of drug-likeness (QED) is 0.309. The largest absolute Gasteiger partial charge is 0.378 e. The van der Waals surface area contributed by atoms with Crippen LogP contribution in [-0.4, -0.2) is 75.2 Å². The zero-order valence-corrected chi connectivity index (χ0v) is 20.1. The number of guanidine groups is 1. The highest BCUT2D eigenvalue weighted by Crippen LogP contribution is 2.30. The van der Waals surface area contributed by atoms with Gasteiger partial charge >= 0.3 is 0 Å². The molecule has 3 aliphatic rings. The summed E-state index contributed by atoms with van der Waals surface area (Å²) in [5.41, 5.74) is 0. The van der Waals surface area contributed by atoms with Crippen LogP contribution in [0.3, 0.4) is 0 Å². The van der Waals surface area contributed by atoms with Crippen molar-refractivity contribution < 1.29 is 14.2 Å². The van der Waals surface area contributed by atoms with Gasteiger partial charge in [-0.3, -0.25) is 4.99 Å². The maximum absolute atomic E-state index is 6.06. The third-order valence-corrected chi connectivity index (χ3v) is 6.09. The zero-order chi connectivity index (χ0) is 18.9. The lowest BCUT2D eigenvalue weighted by Crippen LogP contribution is -2.53. The molecule has 1 saturated carbocycles. The maximum Gasteiger partial charge on any atom is 0.194 e. The lowest BCUT2D eigenvalue weighted by atomic mass is 9.98. The molecule has 164 valence electrons. The molecule has 1 N–H and O–H groups in total. The molecule has 3 atom stereocenters. The van der Waals surface area contributed by atoms with E-state index < -0.39 is 0 Å². The number of hydrogen-bond donors (Lipinski definition) is 1. The van der Waals surface area contributed by atoms with E-state index in [1.807, 2.05) is 0 Å². The monoisotopic (exact) mass is 509 g/mol. The molecular weight excluding hydrogens is 469 g/mol. The SMILES string of the molecule is CCNC(=NCCC(OCC)C1CCCC1)N1CCOC(C2CCCO2)C1.I. The predicted molar refractivity (Wildman–Crippen MR) is 124 cm³/mol. The van der Waals surface area contributed by atoms with Crippen LogP contribution in [0.5, 0.6) is 0 Å². The molecule has 6 nitrogen and oxygen atoms in total. The number of nitrogens with one attached hydrogen (secondary N) is 1. The highest BCUT2D eigenvalue weighted by atomic mass is 127. The summed E-state index contributed by atoms with van der Waals surface area (Å²) in [7, 11) is 0. The fourth-order valence-corrected chi connectivity index (χ4v) is 4.71. The van der Waals surface area contributed by atoms with Gasteiger partial charge in [-0.05, 0) is 51.9 Å². The molecule has 0 aromatic carbocycles. The lowest BCUT2D eigenvalue weighted by Gasteiger charge is -2.37. The minimum atomic E-state index is 0. The van der Waals surface area contributed by atoms with Gasteiger partial charge in [0.15, 0.2) is 5.96 Å². The summed E-state index contributed by atoms with van der Waals surface area (Å²) in [5, 5.41) is 3.48. The standard InChI is InChI=1S/C21H39N3O3.HI/c1-3-22-21(23-12-11-18(25-4-2)17-8-5-6-9-17)24-13-15-27-20(16-24)19-10-7-14-26-19;/h17-20H,3-16H2,1-2H3,(H,22,23);1H. The van der Waals surface area contributed by atoms with Crippen LogP contribution >= 0.6 is 24.0 Å². The Hall–Kier alpha value is -0.120. The normalized spacial score (nSPS) is 27.6. The molecule has 2 saturated heterocycles. The van der Waals surface area contributed by atoms with Gasteiger partial charge in [-0.2, -0.15) is 0 Å². The van der Waals surface area contributed by atoms with Crippen LogP contribution in [0.1, 0.15) is 58.8 Å². The molecule has 28 heavy (non-hydrogen) atoms. The second-order valence-electron chi connectivity index (χ2n) is 7.97. The van der Waals surface area contributed by atoms with E-state index in [9.17, 15) is 0 Å². The van der Waals surface area contributed by atoms with E-state index in [1.165, 1.54) is 25.7 Å². The van der Waals surface area contributed by atoms with Crippen molar-refractivity contribution in [2.75, 3.05) is 46.0 Å². The molecule has 7 heteroatoms. The number of nitrogens with zero attached hydrogens (tertiary/aromatic N) is 2. The summed E-state index contributed by atoms with van der Waals surface area (Å²) in [6.07, 6.45) is 9.43. The Morgan fingerprint density at radius 3 is 2.57 bits per heavy atom. The van der Waals surface area contributed by atoms with Gasteiger partial charge in [0.25, 0.3) is 0 Å². The van der Waals surface area contributed by atoms with Gasteiger partial charge in [0.1, 0.15) is 6.10 Å². The van der Waals surface area contributed by atoms with Crippen molar-refractivity contribution in [3.63, 3.8) is 0 Å². The summed E-state index contributed by atoms with van der Waals surface area (Å²) >= 11 is 0. The summed E-state index contributed by atoms with van der Waals surface area (Å²) in [6.45, 7) is 10.1. The number of aliphatic imine (C=N–C) groups is 1. The molecule has 2 aliphatic heterocycles. The van der Waals surface area contributed by atoms with E-state index in [1.54, 1.807) is 0 Å². The molecular formula is C21H40IN3O3. The highest BCUT2D eigenvalue weighted by Gasteiger charge is 2.32. The molecule has 0 radical (unpaired) electrons. The second kappa shape index (κ2) is 13.2. The number of rotatable bonds is 8. The van der Waals surface area contributed by atoms with Crippen LogP contribution < -0.4 is 5.32 Å². The fourth-order valence-electron chi connectivity index (χ4n) is 4.71. The molecule has 0 amide bonds. The topological polar surface area (TPSA) is 55.3 Å². The molecule has 3 fully saturated rings. The van der Waals surface area contributed by atoms with Gasteiger partial charge in [-0.15, -0.1) is 24.0 Å². The molecule has 2 heterocycles.